The molecule has 0 saturated carbocycles. The molecule has 112 valence electrons. The molecule has 0 aliphatic carbocycles. The lowest BCUT2D eigenvalue weighted by atomic mass is 9.96. The Kier molecular flexibility index (Phi) is 3.86. The molecule has 3 rings (SSSR count). The van der Waals surface area contributed by atoms with Crippen LogP contribution < -0.4 is 11.1 Å². The number of aromatic nitrogens is 3. The van der Waals surface area contributed by atoms with Gasteiger partial charge in [0.25, 0.3) is 0 Å². The summed E-state index contributed by atoms with van der Waals surface area (Å²) in [5, 5.41) is 12.8. The fourth-order valence-corrected chi connectivity index (χ4v) is 3.63. The minimum Gasteiger partial charge on any atom is -0.383 e. The summed E-state index contributed by atoms with van der Waals surface area (Å²) in [4.78, 5) is 13.0. The monoisotopic (exact) mass is 312 g/mol. The van der Waals surface area contributed by atoms with Crippen LogP contribution in [0.2, 0.25) is 0 Å². The number of nitrogens with zero attached hydrogens (tertiary/aromatic N) is 4. The van der Waals surface area contributed by atoms with Gasteiger partial charge in [0.15, 0.2) is 0 Å². The van der Waals surface area contributed by atoms with E-state index in [-0.39, 0.29) is 11.1 Å². The van der Waals surface area contributed by atoms with Crippen molar-refractivity contribution in [1.29, 1.82) is 5.26 Å². The van der Waals surface area contributed by atoms with Crippen molar-refractivity contribution in [2.45, 2.75) is 24.9 Å². The second-order valence-electron chi connectivity index (χ2n) is 5.00. The van der Waals surface area contributed by atoms with E-state index in [1.165, 1.54) is 0 Å². The average molecular weight is 312 g/mol. The first-order valence-electron chi connectivity index (χ1n) is 7.06. The number of nitrogens with one attached hydrogen (secondary N) is 1. The van der Waals surface area contributed by atoms with Crippen molar-refractivity contribution in [3.8, 4) is 17.2 Å². The third-order valence-corrected chi connectivity index (χ3v) is 4.79. The van der Waals surface area contributed by atoms with Gasteiger partial charge in [0.2, 0.25) is 5.95 Å². The summed E-state index contributed by atoms with van der Waals surface area (Å²) >= 11 is 1.79. The second kappa shape index (κ2) is 5.81. The SMILES string of the molecule is CCNc1ncc(-c2c(C#N)c(N)nc3c2CS[C@@H]3C)cn1. The molecule has 0 bridgehead atoms. The minimum absolute atomic E-state index is 0.279. The molecule has 0 aromatic carbocycles. The van der Waals surface area contributed by atoms with E-state index in [1.54, 1.807) is 24.2 Å². The van der Waals surface area contributed by atoms with Crippen LogP contribution in [-0.4, -0.2) is 21.5 Å². The Balaban J connectivity index is 2.17. The fourth-order valence-electron chi connectivity index (χ4n) is 2.57. The zero-order valence-corrected chi connectivity index (χ0v) is 13.2. The van der Waals surface area contributed by atoms with E-state index in [1.807, 2.05) is 6.92 Å². The first kappa shape index (κ1) is 14.6. The standard InChI is InChI=1S/C15H16N6S/c1-3-18-15-19-5-9(6-20-15)12-10(4-16)14(17)21-13-8(2)22-7-11(12)13/h5-6,8H,3,7H2,1-2H3,(H2,17,21)(H,18,19,20)/t8-/m1/s1. The molecule has 1 aliphatic heterocycles. The van der Waals surface area contributed by atoms with Gasteiger partial charge in [-0.3, -0.25) is 0 Å². The third kappa shape index (κ3) is 2.35. The Morgan fingerprint density at radius 1 is 1.45 bits per heavy atom. The number of nitrogen functional groups attached to an aromatic ring is 1. The van der Waals surface area contributed by atoms with E-state index >= 15 is 0 Å². The van der Waals surface area contributed by atoms with Crippen molar-refractivity contribution >= 4 is 23.5 Å². The number of nitriles is 1. The molecule has 22 heavy (non-hydrogen) atoms. The van der Waals surface area contributed by atoms with Crippen LogP contribution in [0, 0.1) is 11.3 Å². The van der Waals surface area contributed by atoms with Gasteiger partial charge in [-0.2, -0.15) is 5.26 Å². The molecule has 2 aromatic heterocycles. The van der Waals surface area contributed by atoms with E-state index in [0.717, 1.165) is 34.7 Å². The largest absolute Gasteiger partial charge is 0.383 e. The van der Waals surface area contributed by atoms with E-state index in [0.29, 0.717) is 11.5 Å². The molecule has 0 unspecified atom stereocenters. The van der Waals surface area contributed by atoms with Crippen molar-refractivity contribution in [1.82, 2.24) is 15.0 Å². The number of hydrogen-bond donors (Lipinski definition) is 2. The molecule has 6 nitrogen and oxygen atoms in total. The van der Waals surface area contributed by atoms with Crippen molar-refractivity contribution < 1.29 is 0 Å². The summed E-state index contributed by atoms with van der Waals surface area (Å²) in [6.07, 6.45) is 3.46. The maximum Gasteiger partial charge on any atom is 0.222 e. The topological polar surface area (TPSA) is 101 Å². The van der Waals surface area contributed by atoms with Crippen LogP contribution in [0.15, 0.2) is 12.4 Å². The molecule has 0 spiro atoms. The molecular formula is C15H16N6S. The first-order valence-corrected chi connectivity index (χ1v) is 8.10. The van der Waals surface area contributed by atoms with E-state index in [2.05, 4.69) is 33.3 Å². The zero-order valence-electron chi connectivity index (χ0n) is 12.4. The molecule has 3 heterocycles. The van der Waals surface area contributed by atoms with Crippen molar-refractivity contribution in [3.05, 3.63) is 29.2 Å². The molecule has 3 N–H and O–H groups in total. The molecule has 0 radical (unpaired) electrons. The first-order chi connectivity index (χ1) is 10.7. The number of anilines is 2. The lowest BCUT2D eigenvalue weighted by molar-refractivity contribution is 1.01. The fraction of sp³-hybridized carbons (Fsp3) is 0.333. The second-order valence-corrected chi connectivity index (χ2v) is 6.33. The maximum atomic E-state index is 9.47. The van der Waals surface area contributed by atoms with Gasteiger partial charge in [-0.05, 0) is 19.4 Å². The Labute approximate surface area is 133 Å². The number of nitrogens with two attached hydrogens (primary N) is 1. The molecule has 0 fully saturated rings. The predicted octanol–water partition coefficient (Wildman–Crippen LogP) is 2.73. The minimum atomic E-state index is 0.279. The zero-order chi connectivity index (χ0) is 15.7. The lowest BCUT2D eigenvalue weighted by Crippen LogP contribution is -2.06. The van der Waals surface area contributed by atoms with Crippen molar-refractivity contribution in [3.63, 3.8) is 0 Å². The quantitative estimate of drug-likeness (QED) is 0.898. The Hall–Kier alpha value is -2.33. The summed E-state index contributed by atoms with van der Waals surface area (Å²) in [5.41, 5.74) is 10.1. The molecule has 1 aliphatic rings. The number of fused-ring (bicyclic) bond motifs is 1. The number of rotatable bonds is 3. The van der Waals surface area contributed by atoms with E-state index < -0.39 is 0 Å². The van der Waals surface area contributed by atoms with Crippen LogP contribution in [0.4, 0.5) is 11.8 Å². The van der Waals surface area contributed by atoms with Gasteiger partial charge < -0.3 is 11.1 Å². The molecule has 0 saturated heterocycles. The highest BCUT2D eigenvalue weighted by Gasteiger charge is 2.28. The number of thioether (sulfide) groups is 1. The Bertz CT molecular complexity index is 750. The van der Waals surface area contributed by atoms with Gasteiger partial charge in [-0.1, -0.05) is 0 Å². The summed E-state index contributed by atoms with van der Waals surface area (Å²) in [6.45, 7) is 4.85. The molecular weight excluding hydrogens is 296 g/mol. The highest BCUT2D eigenvalue weighted by atomic mass is 32.2. The summed E-state index contributed by atoms with van der Waals surface area (Å²) in [5.74, 6) is 1.68. The normalized spacial score (nSPS) is 16.1. The summed E-state index contributed by atoms with van der Waals surface area (Å²) < 4.78 is 0. The van der Waals surface area contributed by atoms with Crippen LogP contribution in [0.1, 0.15) is 35.9 Å². The van der Waals surface area contributed by atoms with Gasteiger partial charge in [0.1, 0.15) is 17.5 Å². The van der Waals surface area contributed by atoms with Crippen LogP contribution in [0.5, 0.6) is 0 Å². The lowest BCUT2D eigenvalue weighted by Gasteiger charge is -2.13. The Morgan fingerprint density at radius 3 is 2.82 bits per heavy atom. The van der Waals surface area contributed by atoms with Gasteiger partial charge in [0, 0.05) is 41.1 Å². The predicted molar refractivity (Wildman–Crippen MR) is 88.3 cm³/mol. The summed E-state index contributed by atoms with van der Waals surface area (Å²) in [7, 11) is 0. The highest BCUT2D eigenvalue weighted by Crippen LogP contribution is 2.46. The number of pyridine rings is 1. The number of hydrogen-bond acceptors (Lipinski definition) is 7. The molecule has 2 aromatic rings. The van der Waals surface area contributed by atoms with Crippen LogP contribution in [-0.2, 0) is 5.75 Å². The van der Waals surface area contributed by atoms with Gasteiger partial charge in [0.05, 0.1) is 5.69 Å². The molecule has 0 amide bonds. The Morgan fingerprint density at radius 2 is 2.18 bits per heavy atom. The van der Waals surface area contributed by atoms with Gasteiger partial charge in [-0.15, -0.1) is 11.8 Å². The van der Waals surface area contributed by atoms with E-state index in [4.69, 9.17) is 5.73 Å². The average Bonchev–Trinajstić information content (AvgIpc) is 2.88. The van der Waals surface area contributed by atoms with Crippen LogP contribution in [0.25, 0.3) is 11.1 Å². The third-order valence-electron chi connectivity index (χ3n) is 3.61. The highest BCUT2D eigenvalue weighted by molar-refractivity contribution is 7.99. The van der Waals surface area contributed by atoms with Gasteiger partial charge >= 0.3 is 0 Å². The molecule has 1 atom stereocenters. The smallest absolute Gasteiger partial charge is 0.222 e. The van der Waals surface area contributed by atoms with Crippen LogP contribution in [0.3, 0.4) is 0 Å². The van der Waals surface area contributed by atoms with Crippen molar-refractivity contribution in [2.75, 3.05) is 17.6 Å². The van der Waals surface area contributed by atoms with Gasteiger partial charge in [-0.25, -0.2) is 15.0 Å². The summed E-state index contributed by atoms with van der Waals surface area (Å²) in [6, 6.07) is 2.18. The maximum absolute atomic E-state index is 9.47. The van der Waals surface area contributed by atoms with E-state index in [9.17, 15) is 5.26 Å². The van der Waals surface area contributed by atoms with Crippen LogP contribution >= 0.6 is 11.8 Å². The van der Waals surface area contributed by atoms with Crippen molar-refractivity contribution in [2.24, 2.45) is 0 Å². The molecule has 7 heteroatoms.